The van der Waals surface area contributed by atoms with Crippen molar-refractivity contribution in [1.82, 2.24) is 15.1 Å². The van der Waals surface area contributed by atoms with Gasteiger partial charge in [-0.3, -0.25) is 0 Å². The Balaban J connectivity index is 4.71. The van der Waals surface area contributed by atoms with E-state index < -0.39 is 5.60 Å². The molecule has 0 aliphatic rings. The standard InChI is InChI=1S/C18H39N3O2/c1-14(2)15(13-20(9)10)19-11-12-21(17(3,4)5)16(22)23-18(6,7)8/h14-15,19H,11-13H2,1-10H3. The van der Waals surface area contributed by atoms with Crippen LogP contribution in [0.3, 0.4) is 0 Å². The highest BCUT2D eigenvalue weighted by Gasteiger charge is 2.30. The molecule has 5 nitrogen and oxygen atoms in total. The molecule has 0 rings (SSSR count). The minimum absolute atomic E-state index is 0.250. The molecule has 0 radical (unpaired) electrons. The molecule has 0 bridgehead atoms. The number of nitrogens with one attached hydrogen (secondary N) is 1. The third-order valence-corrected chi connectivity index (χ3v) is 3.53. The zero-order chi connectivity index (χ0) is 18.4. The highest BCUT2D eigenvalue weighted by Crippen LogP contribution is 2.18. The van der Waals surface area contributed by atoms with Crippen LogP contribution in [0.2, 0.25) is 0 Å². The van der Waals surface area contributed by atoms with Gasteiger partial charge in [0.05, 0.1) is 0 Å². The first-order valence-electron chi connectivity index (χ1n) is 8.62. The summed E-state index contributed by atoms with van der Waals surface area (Å²) in [6, 6.07) is 0.408. The fraction of sp³-hybridized carbons (Fsp3) is 0.944. The van der Waals surface area contributed by atoms with E-state index in [0.29, 0.717) is 18.5 Å². The monoisotopic (exact) mass is 329 g/mol. The fourth-order valence-electron chi connectivity index (χ4n) is 2.28. The van der Waals surface area contributed by atoms with Gasteiger partial charge in [0.25, 0.3) is 0 Å². The number of carbonyl (C=O) groups is 1. The molecule has 138 valence electrons. The van der Waals surface area contributed by atoms with E-state index >= 15 is 0 Å². The molecule has 0 saturated carbocycles. The molecular weight excluding hydrogens is 290 g/mol. The summed E-state index contributed by atoms with van der Waals surface area (Å²) < 4.78 is 5.55. The van der Waals surface area contributed by atoms with E-state index in [1.54, 1.807) is 4.90 Å². The molecule has 5 heteroatoms. The van der Waals surface area contributed by atoms with E-state index in [2.05, 4.69) is 38.2 Å². The Hall–Kier alpha value is -0.810. The Morgan fingerprint density at radius 3 is 1.96 bits per heavy atom. The first kappa shape index (κ1) is 22.2. The number of hydrogen-bond donors (Lipinski definition) is 1. The molecule has 0 fully saturated rings. The van der Waals surface area contributed by atoms with Gasteiger partial charge in [-0.2, -0.15) is 0 Å². The third kappa shape index (κ3) is 9.82. The van der Waals surface area contributed by atoms with Gasteiger partial charge in [-0.1, -0.05) is 13.8 Å². The number of ether oxygens (including phenoxy) is 1. The minimum atomic E-state index is -0.473. The second-order valence-corrected chi connectivity index (χ2v) is 8.87. The molecule has 0 saturated heterocycles. The second-order valence-electron chi connectivity index (χ2n) is 8.87. The average Bonchev–Trinajstić information content (AvgIpc) is 2.27. The Labute approximate surface area is 143 Å². The van der Waals surface area contributed by atoms with Gasteiger partial charge in [0.2, 0.25) is 0 Å². The van der Waals surface area contributed by atoms with Crippen molar-refractivity contribution >= 4 is 6.09 Å². The molecule has 1 atom stereocenters. The van der Waals surface area contributed by atoms with Crippen LogP contribution in [0.15, 0.2) is 0 Å². The smallest absolute Gasteiger partial charge is 0.410 e. The SMILES string of the molecule is CC(C)C(CN(C)C)NCCN(C(=O)OC(C)(C)C)C(C)(C)C. The highest BCUT2D eigenvalue weighted by molar-refractivity contribution is 5.69. The fourth-order valence-corrected chi connectivity index (χ4v) is 2.28. The summed E-state index contributed by atoms with van der Waals surface area (Å²) in [4.78, 5) is 16.5. The minimum Gasteiger partial charge on any atom is -0.444 e. The van der Waals surface area contributed by atoms with Crippen LogP contribution in [0.1, 0.15) is 55.4 Å². The molecule has 1 amide bonds. The van der Waals surface area contributed by atoms with Crippen LogP contribution in [-0.4, -0.2) is 66.8 Å². The quantitative estimate of drug-likeness (QED) is 0.779. The average molecular weight is 330 g/mol. The van der Waals surface area contributed by atoms with Gasteiger partial charge in [0, 0.05) is 31.2 Å². The summed E-state index contributed by atoms with van der Waals surface area (Å²) in [7, 11) is 4.17. The predicted molar refractivity (Wildman–Crippen MR) is 97.9 cm³/mol. The zero-order valence-electron chi connectivity index (χ0n) is 17.0. The van der Waals surface area contributed by atoms with Crippen molar-refractivity contribution in [3.63, 3.8) is 0 Å². The van der Waals surface area contributed by atoms with Gasteiger partial charge in [-0.15, -0.1) is 0 Å². The molecule has 0 heterocycles. The van der Waals surface area contributed by atoms with Crippen molar-refractivity contribution in [2.24, 2.45) is 5.92 Å². The lowest BCUT2D eigenvalue weighted by Crippen LogP contribution is -2.52. The topological polar surface area (TPSA) is 44.8 Å². The first-order valence-corrected chi connectivity index (χ1v) is 8.62. The summed E-state index contributed by atoms with van der Waals surface area (Å²) in [6.07, 6.45) is -0.250. The van der Waals surface area contributed by atoms with E-state index in [4.69, 9.17) is 4.74 Å². The van der Waals surface area contributed by atoms with Gasteiger partial charge >= 0.3 is 6.09 Å². The van der Waals surface area contributed by atoms with Crippen LogP contribution in [0.5, 0.6) is 0 Å². The molecule has 0 spiro atoms. The molecule has 0 aromatic heterocycles. The van der Waals surface area contributed by atoms with Gasteiger partial charge in [-0.25, -0.2) is 4.79 Å². The molecule has 1 unspecified atom stereocenters. The number of nitrogens with zero attached hydrogens (tertiary/aromatic N) is 2. The molecule has 0 aliphatic heterocycles. The van der Waals surface area contributed by atoms with Crippen molar-refractivity contribution in [2.75, 3.05) is 33.7 Å². The molecule has 0 aromatic rings. The molecule has 0 aromatic carbocycles. The largest absolute Gasteiger partial charge is 0.444 e. The van der Waals surface area contributed by atoms with E-state index in [1.165, 1.54) is 0 Å². The van der Waals surface area contributed by atoms with E-state index in [0.717, 1.165) is 13.1 Å². The van der Waals surface area contributed by atoms with Crippen LogP contribution in [0.25, 0.3) is 0 Å². The summed E-state index contributed by atoms with van der Waals surface area (Å²) in [5, 5.41) is 3.58. The Kier molecular flexibility index (Phi) is 8.57. The summed E-state index contributed by atoms with van der Waals surface area (Å²) in [5.41, 5.74) is -0.738. The lowest BCUT2D eigenvalue weighted by atomic mass is 10.0. The van der Waals surface area contributed by atoms with E-state index in [1.807, 2.05) is 41.5 Å². The molecule has 0 aliphatic carbocycles. The first-order chi connectivity index (χ1) is 10.2. The van der Waals surface area contributed by atoms with Crippen molar-refractivity contribution in [2.45, 2.75) is 72.6 Å². The summed E-state index contributed by atoms with van der Waals surface area (Å²) in [5.74, 6) is 0.544. The maximum Gasteiger partial charge on any atom is 0.410 e. The van der Waals surface area contributed by atoms with Gasteiger partial charge < -0.3 is 19.9 Å². The second kappa shape index (κ2) is 8.88. The molecule has 23 heavy (non-hydrogen) atoms. The van der Waals surface area contributed by atoms with Crippen molar-refractivity contribution < 1.29 is 9.53 Å². The lowest BCUT2D eigenvalue weighted by molar-refractivity contribution is 0.00631. The lowest BCUT2D eigenvalue weighted by Gasteiger charge is -2.37. The Bertz CT molecular complexity index is 354. The molecule has 1 N–H and O–H groups in total. The number of amides is 1. The van der Waals surface area contributed by atoms with Crippen molar-refractivity contribution in [3.05, 3.63) is 0 Å². The maximum absolute atomic E-state index is 12.5. The van der Waals surface area contributed by atoms with E-state index in [-0.39, 0.29) is 11.6 Å². The normalized spacial score (nSPS) is 14.3. The van der Waals surface area contributed by atoms with Gasteiger partial charge in [-0.05, 0) is 61.6 Å². The molecular formula is C18H39N3O2. The maximum atomic E-state index is 12.5. The number of carbonyl (C=O) groups excluding carboxylic acids is 1. The van der Waals surface area contributed by atoms with Crippen molar-refractivity contribution in [1.29, 1.82) is 0 Å². The third-order valence-electron chi connectivity index (χ3n) is 3.53. The van der Waals surface area contributed by atoms with Gasteiger partial charge in [0.15, 0.2) is 0 Å². The van der Waals surface area contributed by atoms with Crippen LogP contribution in [0.4, 0.5) is 4.79 Å². The number of rotatable bonds is 7. The van der Waals surface area contributed by atoms with Crippen LogP contribution >= 0.6 is 0 Å². The predicted octanol–water partition coefficient (Wildman–Crippen LogP) is 3.20. The Morgan fingerprint density at radius 1 is 1.09 bits per heavy atom. The van der Waals surface area contributed by atoms with Crippen LogP contribution in [0, 0.1) is 5.92 Å². The van der Waals surface area contributed by atoms with Crippen LogP contribution in [-0.2, 0) is 4.74 Å². The highest BCUT2D eigenvalue weighted by atomic mass is 16.6. The summed E-state index contributed by atoms with van der Waals surface area (Å²) in [6.45, 7) is 18.6. The summed E-state index contributed by atoms with van der Waals surface area (Å²) >= 11 is 0. The van der Waals surface area contributed by atoms with Crippen molar-refractivity contribution in [3.8, 4) is 0 Å². The van der Waals surface area contributed by atoms with Crippen LogP contribution < -0.4 is 5.32 Å². The van der Waals surface area contributed by atoms with Gasteiger partial charge in [0.1, 0.15) is 5.60 Å². The van der Waals surface area contributed by atoms with E-state index in [9.17, 15) is 4.79 Å². The number of likely N-dealkylation sites (N-methyl/N-ethyl adjacent to an activating group) is 1. The number of hydrogen-bond acceptors (Lipinski definition) is 4. The Morgan fingerprint density at radius 2 is 1.61 bits per heavy atom. The zero-order valence-corrected chi connectivity index (χ0v) is 17.0.